The molecule has 0 unspecified atom stereocenters. The number of rotatable bonds is 14. The van der Waals surface area contributed by atoms with E-state index in [-0.39, 0.29) is 26.2 Å². The van der Waals surface area contributed by atoms with Crippen LogP contribution in [0.25, 0.3) is 0 Å². The lowest BCUT2D eigenvalue weighted by atomic mass is 9.92. The number of carbonyl (C=O) groups is 3. The quantitative estimate of drug-likeness (QED) is 0.120. The van der Waals surface area contributed by atoms with E-state index < -0.39 is 23.7 Å². The summed E-state index contributed by atoms with van der Waals surface area (Å²) >= 11 is 0. The molecule has 3 aromatic rings. The Morgan fingerprint density at radius 2 is 1.13 bits per heavy atom. The van der Waals surface area contributed by atoms with Crippen LogP contribution in [0.5, 0.6) is 0 Å². The highest BCUT2D eigenvalue weighted by Crippen LogP contribution is 2.20. The smallest absolute Gasteiger partial charge is 0.408 e. The van der Waals surface area contributed by atoms with Crippen LogP contribution in [0.4, 0.5) is 9.59 Å². The number of esters is 1. The average Bonchev–Trinajstić information content (AvgIpc) is 2.98. The van der Waals surface area contributed by atoms with Gasteiger partial charge in [-0.2, -0.15) is 0 Å². The minimum absolute atomic E-state index is 0.0464. The maximum absolute atomic E-state index is 13.2. The molecular weight excluding hydrogens is 496 g/mol. The molecule has 0 aliphatic heterocycles. The molecule has 2 N–H and O–H groups in total. The number of amides is 2. The molecule has 0 radical (unpaired) electrons. The summed E-state index contributed by atoms with van der Waals surface area (Å²) in [6.45, 7) is 4.40. The number of unbranched alkanes of at least 4 members (excludes halogenated alkanes) is 1. The van der Waals surface area contributed by atoms with Gasteiger partial charge in [0.25, 0.3) is 0 Å². The Morgan fingerprint density at radius 3 is 1.62 bits per heavy atom. The van der Waals surface area contributed by atoms with Crippen molar-refractivity contribution in [2.75, 3.05) is 6.54 Å². The molecular formula is C31H34N2O6. The SMILES string of the molecule is C=C[C@](CCCCNC(=O)OCc1ccccc1)(NC(=O)OCc1ccccc1)C(=O)OCc1ccccc1. The predicted octanol–water partition coefficient (Wildman–Crippen LogP) is 5.68. The van der Waals surface area contributed by atoms with Crippen LogP contribution in [0.1, 0.15) is 36.0 Å². The van der Waals surface area contributed by atoms with Crippen molar-refractivity contribution in [2.45, 2.75) is 44.6 Å². The predicted molar refractivity (Wildman–Crippen MR) is 147 cm³/mol. The molecule has 2 amide bonds. The first-order valence-electron chi connectivity index (χ1n) is 12.8. The number of carbonyl (C=O) groups excluding carboxylic acids is 3. The standard InChI is InChI=1S/C31H34N2O6/c1-2-31(28(34)37-22-25-14-6-3-7-15-25,33-30(36)39-24-27-18-10-5-11-19-27)20-12-13-21-32-29(35)38-23-26-16-8-4-9-17-26/h2-11,14-19H,1,12-13,20-24H2,(H,32,35)(H,33,36)/t31-/m1/s1. The highest BCUT2D eigenvalue weighted by molar-refractivity contribution is 5.88. The molecule has 3 aromatic carbocycles. The Morgan fingerprint density at radius 1 is 0.667 bits per heavy atom. The number of benzene rings is 3. The largest absolute Gasteiger partial charge is 0.459 e. The van der Waals surface area contributed by atoms with Gasteiger partial charge in [-0.15, -0.1) is 6.58 Å². The summed E-state index contributed by atoms with van der Waals surface area (Å²) in [5, 5.41) is 5.36. The third-order valence-electron chi connectivity index (χ3n) is 5.94. The maximum atomic E-state index is 13.2. The van der Waals surface area contributed by atoms with E-state index >= 15 is 0 Å². The Kier molecular flexibility index (Phi) is 11.6. The monoisotopic (exact) mass is 530 g/mol. The van der Waals surface area contributed by atoms with Gasteiger partial charge in [0.1, 0.15) is 19.8 Å². The van der Waals surface area contributed by atoms with Gasteiger partial charge < -0.3 is 24.8 Å². The second-order valence-corrected chi connectivity index (χ2v) is 8.87. The van der Waals surface area contributed by atoms with Crippen molar-refractivity contribution >= 4 is 18.2 Å². The van der Waals surface area contributed by atoms with Crippen LogP contribution in [0.3, 0.4) is 0 Å². The Hall–Kier alpha value is -4.59. The van der Waals surface area contributed by atoms with Crippen LogP contribution in [-0.2, 0) is 38.8 Å². The van der Waals surface area contributed by atoms with Crippen molar-refractivity contribution in [3.05, 3.63) is 120 Å². The number of nitrogens with one attached hydrogen (secondary N) is 2. The lowest BCUT2D eigenvalue weighted by molar-refractivity contribution is -0.151. The van der Waals surface area contributed by atoms with Crippen molar-refractivity contribution in [1.29, 1.82) is 0 Å². The number of ether oxygens (including phenoxy) is 3. The molecule has 0 aliphatic carbocycles. The molecule has 8 nitrogen and oxygen atoms in total. The fourth-order valence-electron chi connectivity index (χ4n) is 3.74. The Balaban J connectivity index is 1.53. The van der Waals surface area contributed by atoms with Crippen LogP contribution < -0.4 is 10.6 Å². The third-order valence-corrected chi connectivity index (χ3v) is 5.94. The minimum Gasteiger partial charge on any atom is -0.459 e. The first kappa shape index (κ1) is 29.0. The van der Waals surface area contributed by atoms with Gasteiger partial charge >= 0.3 is 18.2 Å². The Labute approximate surface area is 229 Å². The fraction of sp³-hybridized carbons (Fsp3) is 0.258. The number of alkyl carbamates (subject to hydrolysis) is 2. The van der Waals surface area contributed by atoms with Crippen molar-refractivity contribution < 1.29 is 28.6 Å². The zero-order valence-corrected chi connectivity index (χ0v) is 21.8. The summed E-state index contributed by atoms with van der Waals surface area (Å²) < 4.78 is 16.1. The van der Waals surface area contributed by atoms with Gasteiger partial charge in [-0.3, -0.25) is 0 Å². The van der Waals surface area contributed by atoms with Gasteiger partial charge in [0.15, 0.2) is 5.54 Å². The summed E-state index contributed by atoms with van der Waals surface area (Å²) in [5.74, 6) is -0.645. The molecule has 3 rings (SSSR count). The number of hydrogen-bond donors (Lipinski definition) is 2. The summed E-state index contributed by atoms with van der Waals surface area (Å²) in [6, 6.07) is 27.9. The van der Waals surface area contributed by atoms with E-state index in [2.05, 4.69) is 17.2 Å². The topological polar surface area (TPSA) is 103 Å². The van der Waals surface area contributed by atoms with E-state index in [9.17, 15) is 14.4 Å². The summed E-state index contributed by atoms with van der Waals surface area (Å²) in [7, 11) is 0. The maximum Gasteiger partial charge on any atom is 0.408 e. The lowest BCUT2D eigenvalue weighted by Gasteiger charge is -2.29. The van der Waals surface area contributed by atoms with E-state index in [1.54, 1.807) is 0 Å². The van der Waals surface area contributed by atoms with Crippen molar-refractivity contribution in [3.63, 3.8) is 0 Å². The average molecular weight is 531 g/mol. The van der Waals surface area contributed by atoms with E-state index in [0.29, 0.717) is 19.4 Å². The second kappa shape index (κ2) is 15.6. The molecule has 0 bridgehead atoms. The molecule has 1 atom stereocenters. The van der Waals surface area contributed by atoms with Crippen LogP contribution in [0.2, 0.25) is 0 Å². The summed E-state index contributed by atoms with van der Waals surface area (Å²) in [4.78, 5) is 37.9. The van der Waals surface area contributed by atoms with Crippen LogP contribution in [-0.4, -0.2) is 30.2 Å². The zero-order chi connectivity index (χ0) is 27.8. The van der Waals surface area contributed by atoms with E-state index in [4.69, 9.17) is 14.2 Å². The molecule has 8 heteroatoms. The van der Waals surface area contributed by atoms with E-state index in [0.717, 1.165) is 16.7 Å². The minimum atomic E-state index is -1.50. The van der Waals surface area contributed by atoms with Gasteiger partial charge in [-0.05, 0) is 36.0 Å². The zero-order valence-electron chi connectivity index (χ0n) is 21.8. The van der Waals surface area contributed by atoms with Crippen LogP contribution >= 0.6 is 0 Å². The molecule has 0 aliphatic rings. The molecule has 0 spiro atoms. The van der Waals surface area contributed by atoms with E-state index in [1.807, 2.05) is 91.0 Å². The van der Waals surface area contributed by atoms with Gasteiger partial charge in [0.2, 0.25) is 0 Å². The molecule has 0 saturated carbocycles. The fourth-order valence-corrected chi connectivity index (χ4v) is 3.74. The molecule has 204 valence electrons. The van der Waals surface area contributed by atoms with Gasteiger partial charge in [0, 0.05) is 6.54 Å². The van der Waals surface area contributed by atoms with E-state index in [1.165, 1.54) is 6.08 Å². The van der Waals surface area contributed by atoms with Crippen LogP contribution in [0, 0.1) is 0 Å². The Bertz CT molecular complexity index is 1190. The highest BCUT2D eigenvalue weighted by Gasteiger charge is 2.39. The highest BCUT2D eigenvalue weighted by atomic mass is 16.6. The number of hydrogen-bond acceptors (Lipinski definition) is 6. The molecule has 39 heavy (non-hydrogen) atoms. The molecule has 0 saturated heterocycles. The van der Waals surface area contributed by atoms with Crippen molar-refractivity contribution in [3.8, 4) is 0 Å². The molecule has 0 aromatic heterocycles. The van der Waals surface area contributed by atoms with Crippen molar-refractivity contribution in [2.24, 2.45) is 0 Å². The second-order valence-electron chi connectivity index (χ2n) is 8.87. The van der Waals surface area contributed by atoms with Gasteiger partial charge in [-0.1, -0.05) is 97.1 Å². The van der Waals surface area contributed by atoms with Gasteiger partial charge in [0.05, 0.1) is 0 Å². The lowest BCUT2D eigenvalue weighted by Crippen LogP contribution is -2.54. The van der Waals surface area contributed by atoms with Gasteiger partial charge in [-0.25, -0.2) is 14.4 Å². The summed E-state index contributed by atoms with van der Waals surface area (Å²) in [6.07, 6.45) is 1.28. The normalized spacial score (nSPS) is 11.9. The summed E-state index contributed by atoms with van der Waals surface area (Å²) in [5.41, 5.74) is 1.01. The molecule has 0 heterocycles. The molecule has 0 fully saturated rings. The first-order valence-corrected chi connectivity index (χ1v) is 12.8. The third kappa shape index (κ3) is 10.0. The first-order chi connectivity index (χ1) is 19.0. The van der Waals surface area contributed by atoms with Crippen molar-refractivity contribution in [1.82, 2.24) is 10.6 Å². The van der Waals surface area contributed by atoms with Crippen LogP contribution in [0.15, 0.2) is 104 Å².